The molecule has 1 heterocycles. The minimum absolute atomic E-state index is 0.442. The van der Waals surface area contributed by atoms with Gasteiger partial charge in [-0.25, -0.2) is 0 Å². The molecule has 1 saturated heterocycles. The monoisotopic (exact) mass is 226 g/mol. The fourth-order valence-electron chi connectivity index (χ4n) is 1.38. The molecule has 6 heteroatoms. The van der Waals surface area contributed by atoms with Crippen molar-refractivity contribution in [1.29, 1.82) is 0 Å². The van der Waals surface area contributed by atoms with Crippen LogP contribution in [0.25, 0.3) is 0 Å². The molecule has 0 saturated carbocycles. The average molecular weight is 226 g/mol. The van der Waals surface area contributed by atoms with Crippen molar-refractivity contribution in [1.82, 2.24) is 0 Å². The van der Waals surface area contributed by atoms with Crippen LogP contribution in [0.5, 0.6) is 0 Å². The van der Waals surface area contributed by atoms with Crippen molar-refractivity contribution in [2.24, 2.45) is 0 Å². The van der Waals surface area contributed by atoms with Gasteiger partial charge in [0.25, 0.3) is 0 Å². The van der Waals surface area contributed by atoms with E-state index < -0.39 is 7.74 Å². The standard InChI is InChI=1S/C8H19O5P/c1-4-9-14(10-5-2,11-6-3)12-7-8-13-14/h4-8H2,1-3H3. The summed E-state index contributed by atoms with van der Waals surface area (Å²) in [5, 5.41) is 0. The summed E-state index contributed by atoms with van der Waals surface area (Å²) < 4.78 is 27.5. The zero-order valence-corrected chi connectivity index (χ0v) is 9.92. The van der Waals surface area contributed by atoms with Crippen LogP contribution in [0.3, 0.4) is 0 Å². The molecule has 0 aromatic rings. The van der Waals surface area contributed by atoms with E-state index in [9.17, 15) is 0 Å². The third-order valence-corrected chi connectivity index (χ3v) is 4.96. The summed E-state index contributed by atoms with van der Waals surface area (Å²) in [6.07, 6.45) is 0. The minimum atomic E-state index is -3.65. The second-order valence-electron chi connectivity index (χ2n) is 2.67. The normalized spacial score (nSPS) is 26.9. The Morgan fingerprint density at radius 3 is 1.50 bits per heavy atom. The number of hydrogen-bond acceptors (Lipinski definition) is 5. The van der Waals surface area contributed by atoms with Crippen molar-refractivity contribution in [3.8, 4) is 0 Å². The predicted octanol–water partition coefficient (Wildman–Crippen LogP) is 2.27. The van der Waals surface area contributed by atoms with E-state index in [0.29, 0.717) is 33.0 Å². The van der Waals surface area contributed by atoms with E-state index in [2.05, 4.69) is 0 Å². The molecule has 0 atom stereocenters. The molecule has 0 aliphatic carbocycles. The molecule has 0 aromatic carbocycles. The number of hydrogen-bond donors (Lipinski definition) is 0. The Morgan fingerprint density at radius 2 is 1.21 bits per heavy atom. The van der Waals surface area contributed by atoms with Crippen LogP contribution in [-0.4, -0.2) is 33.0 Å². The first-order valence-electron chi connectivity index (χ1n) is 4.98. The van der Waals surface area contributed by atoms with Gasteiger partial charge in [-0.2, -0.15) is 0 Å². The molecule has 1 rings (SSSR count). The number of rotatable bonds is 6. The van der Waals surface area contributed by atoms with Gasteiger partial charge < -0.3 is 0 Å². The van der Waals surface area contributed by atoms with E-state index in [-0.39, 0.29) is 0 Å². The van der Waals surface area contributed by atoms with Gasteiger partial charge in [-0.15, -0.1) is 0 Å². The van der Waals surface area contributed by atoms with Gasteiger partial charge in [0.2, 0.25) is 0 Å². The molecule has 0 aromatic heterocycles. The summed E-state index contributed by atoms with van der Waals surface area (Å²) in [7, 11) is -3.65. The van der Waals surface area contributed by atoms with Crippen LogP contribution < -0.4 is 0 Å². The van der Waals surface area contributed by atoms with E-state index in [1.54, 1.807) is 0 Å². The summed E-state index contributed by atoms with van der Waals surface area (Å²) in [5.41, 5.74) is 0. The van der Waals surface area contributed by atoms with E-state index in [0.717, 1.165) is 0 Å². The molecule has 0 N–H and O–H groups in total. The van der Waals surface area contributed by atoms with Crippen LogP contribution in [-0.2, 0) is 22.6 Å². The molecule has 86 valence electrons. The van der Waals surface area contributed by atoms with Crippen molar-refractivity contribution < 1.29 is 22.6 Å². The molecule has 1 fully saturated rings. The Balaban J connectivity index is 2.81. The van der Waals surface area contributed by atoms with Gasteiger partial charge in [0, 0.05) is 0 Å². The van der Waals surface area contributed by atoms with E-state index >= 15 is 0 Å². The Labute approximate surface area is 85.0 Å². The van der Waals surface area contributed by atoms with Crippen molar-refractivity contribution in [2.45, 2.75) is 20.8 Å². The predicted molar refractivity (Wildman–Crippen MR) is 53.7 cm³/mol. The van der Waals surface area contributed by atoms with Crippen molar-refractivity contribution >= 4 is 7.74 Å². The second kappa shape index (κ2) is 4.84. The van der Waals surface area contributed by atoms with E-state index in [4.69, 9.17) is 22.6 Å². The van der Waals surface area contributed by atoms with Gasteiger partial charge in [0.15, 0.2) is 0 Å². The molecule has 0 amide bonds. The van der Waals surface area contributed by atoms with Crippen LogP contribution in [0.15, 0.2) is 0 Å². The SMILES string of the molecule is CCOP1(OCC)(OCC)OCCO1. The summed E-state index contributed by atoms with van der Waals surface area (Å²) >= 11 is 0. The molecule has 0 spiro atoms. The van der Waals surface area contributed by atoms with Crippen molar-refractivity contribution in [3.63, 3.8) is 0 Å². The third-order valence-electron chi connectivity index (χ3n) is 1.71. The fourth-order valence-corrected chi connectivity index (χ4v) is 4.13. The van der Waals surface area contributed by atoms with Gasteiger partial charge >= 0.3 is 84.2 Å². The second-order valence-corrected chi connectivity index (χ2v) is 5.45. The maximum atomic E-state index is 5.50. The van der Waals surface area contributed by atoms with Gasteiger partial charge in [0.1, 0.15) is 0 Å². The Morgan fingerprint density at radius 1 is 0.857 bits per heavy atom. The molecule has 0 radical (unpaired) electrons. The van der Waals surface area contributed by atoms with Gasteiger partial charge in [0.05, 0.1) is 0 Å². The quantitative estimate of drug-likeness (QED) is 0.650. The molecule has 1 aliphatic rings. The van der Waals surface area contributed by atoms with Crippen LogP contribution >= 0.6 is 7.74 Å². The van der Waals surface area contributed by atoms with Crippen LogP contribution in [0.1, 0.15) is 20.8 Å². The van der Waals surface area contributed by atoms with Crippen LogP contribution in [0, 0.1) is 0 Å². The molecular formula is C8H19O5P. The Kier molecular flexibility index (Phi) is 4.25. The topological polar surface area (TPSA) is 46.2 Å². The molecule has 0 unspecified atom stereocenters. The van der Waals surface area contributed by atoms with E-state index in [1.807, 2.05) is 20.8 Å². The van der Waals surface area contributed by atoms with Gasteiger partial charge in [-0.05, 0) is 0 Å². The fraction of sp³-hybridized carbons (Fsp3) is 1.00. The third kappa shape index (κ3) is 2.24. The van der Waals surface area contributed by atoms with E-state index in [1.165, 1.54) is 0 Å². The average Bonchev–Trinajstić information content (AvgIpc) is 2.52. The molecule has 5 nitrogen and oxygen atoms in total. The summed E-state index contributed by atoms with van der Waals surface area (Å²) in [5.74, 6) is 0. The first-order chi connectivity index (χ1) is 6.70. The summed E-state index contributed by atoms with van der Waals surface area (Å²) in [6.45, 7) is 7.82. The van der Waals surface area contributed by atoms with Gasteiger partial charge in [-0.1, -0.05) is 0 Å². The molecule has 1 aliphatic heterocycles. The summed E-state index contributed by atoms with van der Waals surface area (Å²) in [6, 6.07) is 0. The summed E-state index contributed by atoms with van der Waals surface area (Å²) in [4.78, 5) is 0. The van der Waals surface area contributed by atoms with Crippen molar-refractivity contribution in [3.05, 3.63) is 0 Å². The first-order valence-corrected chi connectivity index (χ1v) is 6.80. The van der Waals surface area contributed by atoms with Crippen LogP contribution in [0.2, 0.25) is 0 Å². The zero-order chi connectivity index (χ0) is 10.5. The van der Waals surface area contributed by atoms with Crippen LogP contribution in [0.4, 0.5) is 0 Å². The Bertz CT molecular complexity index is 157. The molecular weight excluding hydrogens is 207 g/mol. The maximum absolute atomic E-state index is 5.50. The Hall–Kier alpha value is 0.230. The molecule has 14 heavy (non-hydrogen) atoms. The van der Waals surface area contributed by atoms with Gasteiger partial charge in [-0.3, -0.25) is 0 Å². The first kappa shape index (κ1) is 12.3. The van der Waals surface area contributed by atoms with Crippen molar-refractivity contribution in [2.75, 3.05) is 33.0 Å². The zero-order valence-electron chi connectivity index (χ0n) is 9.02. The molecule has 0 bridgehead atoms.